The summed E-state index contributed by atoms with van der Waals surface area (Å²) in [6.07, 6.45) is 4.18. The summed E-state index contributed by atoms with van der Waals surface area (Å²) in [5, 5.41) is 1.19. The molecule has 3 aromatic rings. The Morgan fingerprint density at radius 1 is 1.03 bits per heavy atom. The van der Waals surface area contributed by atoms with Gasteiger partial charge < -0.3 is 24.3 Å². The number of carbonyl (C=O) groups is 2. The van der Waals surface area contributed by atoms with Crippen molar-refractivity contribution in [1.29, 1.82) is 0 Å². The molecular weight excluding hydrogens is 418 g/mol. The van der Waals surface area contributed by atoms with Crippen molar-refractivity contribution in [3.8, 4) is 11.5 Å². The topological polar surface area (TPSA) is 74.9 Å². The summed E-state index contributed by atoms with van der Waals surface area (Å²) in [6.45, 7) is 1.85. The van der Waals surface area contributed by atoms with E-state index in [2.05, 4.69) is 17.2 Å². The number of nitrogens with zero attached hydrogens (tertiary/aromatic N) is 2. The summed E-state index contributed by atoms with van der Waals surface area (Å²) in [6, 6.07) is 13.5. The van der Waals surface area contributed by atoms with E-state index in [0.717, 1.165) is 29.8 Å². The second-order valence-electron chi connectivity index (χ2n) is 8.86. The van der Waals surface area contributed by atoms with Crippen molar-refractivity contribution >= 4 is 28.4 Å². The number of fused-ring (bicyclic) bond motifs is 1. The number of methoxy groups -OCH3 is 2. The van der Waals surface area contributed by atoms with E-state index in [1.165, 1.54) is 10.9 Å². The van der Waals surface area contributed by atoms with Gasteiger partial charge in [-0.3, -0.25) is 9.59 Å². The SMILES string of the molecule is COc1cccc(N2CC(C(=O)N3CCC(c4c[nH]c5ccc(OC)cc45)CC3)CC2=O)c1. The highest BCUT2D eigenvalue weighted by Gasteiger charge is 2.38. The van der Waals surface area contributed by atoms with Crippen molar-refractivity contribution in [3.63, 3.8) is 0 Å². The number of piperidine rings is 1. The lowest BCUT2D eigenvalue weighted by Crippen LogP contribution is -2.42. The van der Waals surface area contributed by atoms with Crippen LogP contribution in [0.5, 0.6) is 11.5 Å². The van der Waals surface area contributed by atoms with Crippen molar-refractivity contribution in [3.05, 3.63) is 54.2 Å². The summed E-state index contributed by atoms with van der Waals surface area (Å²) in [5.74, 6) is 1.73. The third-order valence-corrected chi connectivity index (χ3v) is 7.01. The Hall–Kier alpha value is -3.48. The third-order valence-electron chi connectivity index (χ3n) is 7.01. The molecule has 2 aliphatic heterocycles. The molecule has 1 N–H and O–H groups in total. The van der Waals surface area contributed by atoms with Gasteiger partial charge in [-0.2, -0.15) is 0 Å². The average Bonchev–Trinajstić information content (AvgIpc) is 3.46. The number of ether oxygens (including phenoxy) is 2. The maximum Gasteiger partial charge on any atom is 0.228 e. The van der Waals surface area contributed by atoms with Gasteiger partial charge in [0.2, 0.25) is 11.8 Å². The molecule has 3 heterocycles. The number of hydrogen-bond acceptors (Lipinski definition) is 4. The third kappa shape index (κ3) is 4.03. The number of aromatic amines is 1. The number of aromatic nitrogens is 1. The molecule has 1 atom stereocenters. The molecule has 33 heavy (non-hydrogen) atoms. The zero-order valence-corrected chi connectivity index (χ0v) is 19.0. The Bertz CT molecular complexity index is 1180. The lowest BCUT2D eigenvalue weighted by molar-refractivity contribution is -0.136. The van der Waals surface area contributed by atoms with Crippen LogP contribution in [0.25, 0.3) is 10.9 Å². The summed E-state index contributed by atoms with van der Waals surface area (Å²) < 4.78 is 10.7. The van der Waals surface area contributed by atoms with Crippen LogP contribution in [0, 0.1) is 5.92 Å². The summed E-state index contributed by atoms with van der Waals surface area (Å²) in [5.41, 5.74) is 3.17. The van der Waals surface area contributed by atoms with Gasteiger partial charge >= 0.3 is 0 Å². The van der Waals surface area contributed by atoms with Crippen molar-refractivity contribution in [2.24, 2.45) is 5.92 Å². The minimum Gasteiger partial charge on any atom is -0.497 e. The second kappa shape index (κ2) is 8.81. The number of nitrogens with one attached hydrogen (secondary N) is 1. The Kier molecular flexibility index (Phi) is 5.70. The Balaban J connectivity index is 1.23. The van der Waals surface area contributed by atoms with E-state index in [1.54, 1.807) is 19.1 Å². The van der Waals surface area contributed by atoms with Crippen LogP contribution in [0.3, 0.4) is 0 Å². The van der Waals surface area contributed by atoms with E-state index in [-0.39, 0.29) is 24.2 Å². The summed E-state index contributed by atoms with van der Waals surface area (Å²) in [4.78, 5) is 32.9. The van der Waals surface area contributed by atoms with Crippen LogP contribution in [0.2, 0.25) is 0 Å². The lowest BCUT2D eigenvalue weighted by atomic mass is 9.88. The van der Waals surface area contributed by atoms with Crippen LogP contribution in [0.15, 0.2) is 48.7 Å². The minimum absolute atomic E-state index is 0.00997. The quantitative estimate of drug-likeness (QED) is 0.643. The molecule has 172 valence electrons. The smallest absolute Gasteiger partial charge is 0.228 e. The van der Waals surface area contributed by atoms with E-state index in [9.17, 15) is 9.59 Å². The zero-order valence-electron chi connectivity index (χ0n) is 19.0. The molecule has 2 aliphatic rings. The zero-order chi connectivity index (χ0) is 22.9. The fourth-order valence-corrected chi connectivity index (χ4v) is 5.16. The molecule has 2 fully saturated rings. The molecule has 1 aromatic heterocycles. The second-order valence-corrected chi connectivity index (χ2v) is 8.86. The number of hydrogen-bond donors (Lipinski definition) is 1. The first-order chi connectivity index (χ1) is 16.1. The standard InChI is InChI=1S/C26H29N3O4/c1-32-20-5-3-4-19(13-20)29-16-18(12-25(29)30)26(31)28-10-8-17(9-11-28)23-15-27-24-7-6-21(33-2)14-22(23)24/h3-7,13-15,17-18,27H,8-12,16H2,1-2H3. The van der Waals surface area contributed by atoms with Crippen molar-refractivity contribution in [2.45, 2.75) is 25.2 Å². The van der Waals surface area contributed by atoms with Gasteiger partial charge in [-0.25, -0.2) is 0 Å². The number of anilines is 1. The number of rotatable bonds is 5. The van der Waals surface area contributed by atoms with Crippen LogP contribution in [-0.2, 0) is 9.59 Å². The Morgan fingerprint density at radius 2 is 1.79 bits per heavy atom. The number of carbonyl (C=O) groups excluding carboxylic acids is 2. The van der Waals surface area contributed by atoms with Crippen molar-refractivity contribution in [1.82, 2.24) is 9.88 Å². The van der Waals surface area contributed by atoms with Gasteiger partial charge in [-0.1, -0.05) is 6.07 Å². The van der Waals surface area contributed by atoms with Gasteiger partial charge in [0, 0.05) is 54.9 Å². The molecule has 2 aromatic carbocycles. The number of H-pyrrole nitrogens is 1. The average molecular weight is 448 g/mol. The van der Waals surface area contributed by atoms with E-state index in [1.807, 2.05) is 41.3 Å². The van der Waals surface area contributed by atoms with Gasteiger partial charge in [0.05, 0.1) is 20.1 Å². The van der Waals surface area contributed by atoms with Gasteiger partial charge in [0.25, 0.3) is 0 Å². The van der Waals surface area contributed by atoms with Crippen LogP contribution in [0.1, 0.15) is 30.7 Å². The highest BCUT2D eigenvalue weighted by Crippen LogP contribution is 2.36. The summed E-state index contributed by atoms with van der Waals surface area (Å²) in [7, 11) is 3.29. The first-order valence-electron chi connectivity index (χ1n) is 11.5. The molecule has 0 bridgehead atoms. The molecule has 5 rings (SSSR count). The maximum atomic E-state index is 13.2. The summed E-state index contributed by atoms with van der Waals surface area (Å²) >= 11 is 0. The molecule has 0 radical (unpaired) electrons. The number of benzene rings is 2. The molecule has 2 saturated heterocycles. The van der Waals surface area contributed by atoms with Crippen LogP contribution >= 0.6 is 0 Å². The molecule has 7 nitrogen and oxygen atoms in total. The van der Waals surface area contributed by atoms with Gasteiger partial charge in [-0.15, -0.1) is 0 Å². The number of likely N-dealkylation sites (tertiary alicyclic amines) is 1. The van der Waals surface area contributed by atoms with Crippen molar-refractivity contribution in [2.75, 3.05) is 38.8 Å². The molecule has 1 unspecified atom stereocenters. The normalized spacial score (nSPS) is 19.3. The predicted octanol–water partition coefficient (Wildman–Crippen LogP) is 3.94. The molecule has 7 heteroatoms. The predicted molar refractivity (Wildman–Crippen MR) is 127 cm³/mol. The highest BCUT2D eigenvalue weighted by atomic mass is 16.5. The molecule has 2 amide bonds. The largest absolute Gasteiger partial charge is 0.497 e. The molecule has 0 saturated carbocycles. The van der Waals surface area contributed by atoms with Gasteiger partial charge in [0.1, 0.15) is 11.5 Å². The first-order valence-corrected chi connectivity index (χ1v) is 11.5. The molecule has 0 spiro atoms. The van der Waals surface area contributed by atoms with Crippen LogP contribution in [-0.4, -0.2) is 55.6 Å². The van der Waals surface area contributed by atoms with E-state index >= 15 is 0 Å². The number of amides is 2. The Labute approximate surface area is 193 Å². The maximum absolute atomic E-state index is 13.2. The minimum atomic E-state index is -0.294. The molecular formula is C26H29N3O4. The fraction of sp³-hybridized carbons (Fsp3) is 0.385. The highest BCUT2D eigenvalue weighted by molar-refractivity contribution is 6.00. The molecule has 0 aliphatic carbocycles. The Morgan fingerprint density at radius 3 is 2.55 bits per heavy atom. The van der Waals surface area contributed by atoms with Gasteiger partial charge in [0.15, 0.2) is 0 Å². The van der Waals surface area contributed by atoms with Crippen molar-refractivity contribution < 1.29 is 19.1 Å². The lowest BCUT2D eigenvalue weighted by Gasteiger charge is -2.33. The van der Waals surface area contributed by atoms with E-state index < -0.39 is 0 Å². The van der Waals surface area contributed by atoms with Crippen LogP contribution in [0.4, 0.5) is 5.69 Å². The van der Waals surface area contributed by atoms with E-state index in [4.69, 9.17) is 9.47 Å². The van der Waals surface area contributed by atoms with Crippen LogP contribution < -0.4 is 14.4 Å². The van der Waals surface area contributed by atoms with E-state index in [0.29, 0.717) is 31.3 Å². The first kappa shape index (κ1) is 21.4. The monoisotopic (exact) mass is 447 g/mol. The fourth-order valence-electron chi connectivity index (χ4n) is 5.16. The van der Waals surface area contributed by atoms with Gasteiger partial charge in [-0.05, 0) is 54.7 Å².